The summed E-state index contributed by atoms with van der Waals surface area (Å²) in [5.74, 6) is -6.23. The molecule has 32 nitrogen and oxygen atoms in total. The summed E-state index contributed by atoms with van der Waals surface area (Å²) in [7, 11) is 0. The summed E-state index contributed by atoms with van der Waals surface area (Å²) in [6, 6.07) is 20.4. The number of ether oxygens (including phenoxy) is 2. The number of hydrogen-bond donors (Lipinski definition) is 7. The van der Waals surface area contributed by atoms with Crippen LogP contribution in [0.5, 0.6) is 11.5 Å². The third-order valence-corrected chi connectivity index (χ3v) is 23.2. The van der Waals surface area contributed by atoms with Gasteiger partial charge in [-0.1, -0.05) is 91.7 Å². The van der Waals surface area contributed by atoms with Crippen molar-refractivity contribution in [3.05, 3.63) is 184 Å². The van der Waals surface area contributed by atoms with Gasteiger partial charge in [-0.25, -0.2) is 14.4 Å². The number of nitrogens with zero attached hydrogens (tertiary/aromatic N) is 10. The van der Waals surface area contributed by atoms with Crippen molar-refractivity contribution in [2.75, 3.05) is 19.6 Å². The smallest absolute Gasteiger partial charge is 0.481 e. The number of carbonyl (C=O) groups excluding carboxylic acids is 11. The number of alkyl halides is 3. The number of imide groups is 4. The Kier molecular flexibility index (Phi) is 28.7. The quantitative estimate of drug-likeness (QED) is 0.0218. The van der Waals surface area contributed by atoms with Gasteiger partial charge in [-0.05, 0) is 146 Å². The molecule has 14 rings (SSSR count). The van der Waals surface area contributed by atoms with Crippen LogP contribution >= 0.6 is 45.9 Å². The number of carbonyl (C=O) groups is 13. The van der Waals surface area contributed by atoms with Crippen LogP contribution in [0, 0.1) is 41.5 Å². The van der Waals surface area contributed by atoms with Crippen molar-refractivity contribution in [3.63, 3.8) is 0 Å². The zero-order valence-electron chi connectivity index (χ0n) is 65.6. The van der Waals surface area contributed by atoms with Gasteiger partial charge >= 0.3 is 30.3 Å². The van der Waals surface area contributed by atoms with Gasteiger partial charge in [-0.3, -0.25) is 87.5 Å². The van der Waals surface area contributed by atoms with E-state index >= 15 is 0 Å². The van der Waals surface area contributed by atoms with E-state index in [0.717, 1.165) is 121 Å². The zero-order valence-corrected chi connectivity index (χ0v) is 68.7. The van der Waals surface area contributed by atoms with Gasteiger partial charge in [0, 0.05) is 80.8 Å². The maximum absolute atomic E-state index is 13.4. The van der Waals surface area contributed by atoms with E-state index in [1.165, 1.54) is 46.2 Å². The first-order valence-corrected chi connectivity index (χ1v) is 40.6. The molecule has 6 aliphatic heterocycles. The van der Waals surface area contributed by atoms with Crippen molar-refractivity contribution in [2.45, 2.75) is 175 Å². The molecule has 0 radical (unpaired) electrons. The molecule has 0 spiro atoms. The van der Waals surface area contributed by atoms with Crippen molar-refractivity contribution >= 4 is 134 Å². The lowest BCUT2D eigenvalue weighted by Gasteiger charge is -2.27. The van der Waals surface area contributed by atoms with Crippen molar-refractivity contribution in [3.8, 4) is 21.5 Å². The molecule has 39 heteroatoms. The fourth-order valence-electron chi connectivity index (χ4n) is 14.1. The SMILES string of the molecule is Cc1sc2c(c1C)C(c1ccc(Cl)cc1)=N[C@@H](CC(=O)CCCCCCCNC(=O)Oc1cccc3c1C(=O)N(C1CCC(=O)NC1=O)C3=O)c1nnc(C)n1-2.Cc1sc2c(c1C)C(c1ccc(Cl)cc1)=N[C@@H](CC(=O)O)c1nnc(C)n1-2.NCCCCCCNC(=O)Oc1cccc2c1C(=O)N(C1CCC(=O)NC1=O)C2=O.O=C(O)C(F)(F)F. The molecule has 6 aliphatic rings. The standard InChI is InChI=1S/C40H40ClN7O7S.C20H24N4O6.C19H17ClN4O2S.C2HF3O2/c1-21-22(2)56-39-32(21)34(24-13-15-25(41)16-14-24)43-28(35-46-45-23(3)47(35)39)20-26(49)10-7-5-4-6-8-19-42-40(54)55-30-12-9-11-27-33(30)38(53)48(37(27)52)29-17-18-31(50)44-36(29)51;21-10-3-1-2-4-11-22-20(29)30-14-7-5-6-12-16(14)19(28)24(18(12)27)13-8-9-15(25)23-17(13)26;1-9-10(2)27-19-16(9)17(12-4-6-13(20)7-5-12)21-14(8-15(25)26)18-23-22-11(3)24(18)19;3-2(4,5)1(6)7/h9,11-16,28-29H,4-8,10,17-20H2,1-3H3,(H,42,54)(H,44,50,51);5-7,13H,1-4,8-11,21H2,(H,22,29)(H,23,25,26);4-7,14H,8H2,1-3H3,(H,25,26);(H,6,7)/t28-,29?;;14-;/m0.0./s1. The van der Waals surface area contributed by atoms with Crippen LogP contribution in [0.15, 0.2) is 94.9 Å². The van der Waals surface area contributed by atoms with E-state index in [4.69, 9.17) is 58.3 Å². The Balaban J connectivity index is 0.000000184. The number of ketones is 1. The lowest BCUT2D eigenvalue weighted by Crippen LogP contribution is -2.54. The van der Waals surface area contributed by atoms with Crippen molar-refractivity contribution in [1.82, 2.24) is 60.6 Å². The van der Waals surface area contributed by atoms with Crippen LogP contribution in [0.2, 0.25) is 10.0 Å². The first-order valence-electron chi connectivity index (χ1n) is 38.2. The van der Waals surface area contributed by atoms with Gasteiger partial charge in [0.1, 0.15) is 63.1 Å². The molecule has 4 atom stereocenters. The van der Waals surface area contributed by atoms with Crippen molar-refractivity contribution in [2.24, 2.45) is 15.7 Å². The number of piperidine rings is 2. The third kappa shape index (κ3) is 20.1. The monoisotopic (exact) mass is 1730 g/mol. The number of thiophene rings is 2. The Morgan fingerprint density at radius 2 is 0.925 bits per heavy atom. The van der Waals surface area contributed by atoms with E-state index in [-0.39, 0.29) is 78.1 Å². The second-order valence-electron chi connectivity index (χ2n) is 28.6. The number of aromatic nitrogens is 6. The third-order valence-electron chi connectivity index (χ3n) is 20.3. The number of nitrogens with one attached hydrogen (secondary N) is 4. The number of benzene rings is 4. The average Bonchev–Trinajstić information content (AvgIpc) is 1.58. The second-order valence-corrected chi connectivity index (χ2v) is 31.8. The summed E-state index contributed by atoms with van der Waals surface area (Å²) in [4.78, 5) is 172. The molecule has 0 aliphatic carbocycles. The Hall–Kier alpha value is -12.1. The number of carboxylic acid groups (broad SMARTS) is 2. The molecule has 0 saturated carbocycles. The average molecular weight is 1730 g/mol. The van der Waals surface area contributed by atoms with E-state index in [1.54, 1.807) is 22.7 Å². The predicted molar refractivity (Wildman–Crippen MR) is 432 cm³/mol. The Labute approximate surface area is 701 Å². The summed E-state index contributed by atoms with van der Waals surface area (Å²) in [6.07, 6.45) is 1.44. The molecule has 8 aromatic rings. The summed E-state index contributed by atoms with van der Waals surface area (Å²) >= 11 is 15.6. The Bertz CT molecular complexity index is 5470. The van der Waals surface area contributed by atoms with Gasteiger partial charge in [-0.15, -0.1) is 43.1 Å². The number of Topliss-reactive ketones (excluding diaryl/α,β-unsaturated/α-hetero) is 1. The highest BCUT2D eigenvalue weighted by Gasteiger charge is 2.49. The summed E-state index contributed by atoms with van der Waals surface area (Å²) in [6.45, 7) is 13.5. The Morgan fingerprint density at radius 1 is 0.533 bits per heavy atom. The van der Waals surface area contributed by atoms with Crippen LogP contribution in [0.1, 0.15) is 223 Å². The lowest BCUT2D eigenvalue weighted by molar-refractivity contribution is -0.192. The lowest BCUT2D eigenvalue weighted by atomic mass is 9.99. The van der Waals surface area contributed by atoms with Gasteiger partial charge in [0.25, 0.3) is 23.6 Å². The number of rotatable bonds is 24. The number of carboxylic acids is 2. The second kappa shape index (κ2) is 38.8. The number of aryl methyl sites for hydroxylation is 4. The van der Waals surface area contributed by atoms with Crippen LogP contribution in [-0.4, -0.2) is 176 Å². The van der Waals surface area contributed by atoms with Crippen LogP contribution < -0.4 is 36.5 Å². The molecule has 0 bridgehead atoms. The molecular formula is C81H82Cl2F3N15O17S2. The van der Waals surface area contributed by atoms with Crippen LogP contribution in [0.3, 0.4) is 0 Å². The topological polar surface area (TPSA) is 448 Å². The van der Waals surface area contributed by atoms with Crippen LogP contribution in [0.25, 0.3) is 10.0 Å². The largest absolute Gasteiger partial charge is 0.490 e. The molecule has 120 heavy (non-hydrogen) atoms. The van der Waals surface area contributed by atoms with Gasteiger partial charge in [0.05, 0.1) is 40.1 Å². The fourth-order valence-corrected chi connectivity index (χ4v) is 16.8. The van der Waals surface area contributed by atoms with Gasteiger partial charge in [-0.2, -0.15) is 13.2 Å². The van der Waals surface area contributed by atoms with Gasteiger partial charge in [0.15, 0.2) is 11.6 Å². The van der Waals surface area contributed by atoms with E-state index in [9.17, 15) is 75.8 Å². The maximum Gasteiger partial charge on any atom is 0.490 e. The highest BCUT2D eigenvalue weighted by atomic mass is 35.5. The van der Waals surface area contributed by atoms with Crippen LogP contribution in [0.4, 0.5) is 22.8 Å². The minimum atomic E-state index is -5.08. The summed E-state index contributed by atoms with van der Waals surface area (Å²) in [5, 5.41) is 46.7. The first-order chi connectivity index (χ1) is 57.2. The highest BCUT2D eigenvalue weighted by Crippen LogP contribution is 2.43. The number of aliphatic carboxylic acids is 2. The fraction of sp³-hybridized carbons (Fsp3) is 0.370. The van der Waals surface area contributed by atoms with E-state index in [0.29, 0.717) is 60.6 Å². The normalized spacial score (nSPS) is 16.9. The van der Waals surface area contributed by atoms with Gasteiger partial charge < -0.3 is 36.1 Å². The number of hydrogen-bond acceptors (Lipinski definition) is 24. The number of unbranched alkanes of at least 4 members (excludes halogenated alkanes) is 7. The summed E-state index contributed by atoms with van der Waals surface area (Å²) in [5.41, 5.74) is 13.0. The molecule has 10 heterocycles. The highest BCUT2D eigenvalue weighted by molar-refractivity contribution is 7.15. The van der Waals surface area contributed by atoms with Gasteiger partial charge in [0.2, 0.25) is 23.6 Å². The molecule has 10 amide bonds. The molecule has 630 valence electrons. The molecule has 8 N–H and O–H groups in total. The number of nitrogens with two attached hydrogens (primary N) is 1. The molecule has 4 aromatic carbocycles. The summed E-state index contributed by atoms with van der Waals surface area (Å²) < 4.78 is 46.4. The zero-order chi connectivity index (χ0) is 86.7. The molecular weight excluding hydrogens is 1650 g/mol. The maximum atomic E-state index is 13.4. The number of aliphatic imine (C=N–C) groups is 2. The molecule has 2 saturated heterocycles. The number of fused-ring (bicyclic) bond motifs is 8. The predicted octanol–water partition coefficient (Wildman–Crippen LogP) is 11.9. The molecule has 4 aromatic heterocycles. The Morgan fingerprint density at radius 3 is 1.32 bits per heavy atom. The van der Waals surface area contributed by atoms with E-state index in [2.05, 4.69) is 69.4 Å². The molecule has 2 unspecified atom stereocenters. The minimum Gasteiger partial charge on any atom is -0.481 e. The minimum absolute atomic E-state index is 0.00111. The number of halogens is 5. The molecule has 2 fully saturated rings. The van der Waals surface area contributed by atoms with Crippen LogP contribution in [-0.2, 0) is 33.6 Å². The first kappa shape index (κ1) is 88.7. The van der Waals surface area contributed by atoms with E-state index < -0.39 is 102 Å². The van der Waals surface area contributed by atoms with Crippen molar-refractivity contribution in [1.29, 1.82) is 0 Å². The van der Waals surface area contributed by atoms with Crippen molar-refractivity contribution < 1.29 is 95.2 Å². The number of amides is 10. The van der Waals surface area contributed by atoms with E-state index in [1.807, 2.05) is 71.5 Å².